The summed E-state index contributed by atoms with van der Waals surface area (Å²) >= 11 is 1.92. The highest BCUT2D eigenvalue weighted by molar-refractivity contribution is 7.99. The summed E-state index contributed by atoms with van der Waals surface area (Å²) in [5.74, 6) is 2.46. The summed E-state index contributed by atoms with van der Waals surface area (Å²) < 4.78 is 0. The Bertz CT molecular complexity index is 538. The zero-order valence-corrected chi connectivity index (χ0v) is 14.1. The molecular formula is C17H23N3O2S. The fraction of sp³-hybridized carbons (Fsp3) is 0.588. The molecule has 1 aliphatic carbocycles. The van der Waals surface area contributed by atoms with Gasteiger partial charge < -0.3 is 10.2 Å². The molecule has 0 atom stereocenters. The lowest BCUT2D eigenvalue weighted by molar-refractivity contribution is -0.136. The van der Waals surface area contributed by atoms with E-state index in [-0.39, 0.29) is 17.9 Å². The Kier molecular flexibility index (Phi) is 5.54. The van der Waals surface area contributed by atoms with Crippen LogP contribution in [-0.2, 0) is 4.79 Å². The van der Waals surface area contributed by atoms with Crippen LogP contribution in [-0.4, -0.2) is 52.3 Å². The van der Waals surface area contributed by atoms with Gasteiger partial charge in [0, 0.05) is 42.8 Å². The highest BCUT2D eigenvalue weighted by Crippen LogP contribution is 2.27. The van der Waals surface area contributed by atoms with Crippen LogP contribution >= 0.6 is 11.8 Å². The van der Waals surface area contributed by atoms with E-state index in [0.717, 1.165) is 50.3 Å². The van der Waals surface area contributed by atoms with Gasteiger partial charge in [0.1, 0.15) is 5.69 Å². The number of rotatable bonds is 3. The number of pyridine rings is 1. The van der Waals surface area contributed by atoms with E-state index in [1.807, 2.05) is 22.7 Å². The third-order valence-corrected chi connectivity index (χ3v) is 5.57. The number of nitrogens with zero attached hydrogens (tertiary/aromatic N) is 2. The minimum atomic E-state index is -0.117. The fourth-order valence-electron chi connectivity index (χ4n) is 3.28. The summed E-state index contributed by atoms with van der Waals surface area (Å²) in [7, 11) is 0. The van der Waals surface area contributed by atoms with Crippen LogP contribution in [0, 0.1) is 5.92 Å². The maximum atomic E-state index is 12.5. The van der Waals surface area contributed by atoms with E-state index < -0.39 is 0 Å². The number of hydrogen-bond acceptors (Lipinski definition) is 4. The molecule has 1 aromatic rings. The van der Waals surface area contributed by atoms with Gasteiger partial charge in [-0.25, -0.2) is 0 Å². The molecule has 6 heteroatoms. The molecule has 2 amide bonds. The van der Waals surface area contributed by atoms with E-state index in [2.05, 4.69) is 10.3 Å². The quantitative estimate of drug-likeness (QED) is 0.918. The molecule has 2 heterocycles. The Hall–Kier alpha value is -1.56. The SMILES string of the molecule is O=C(NC1CCC(C(=O)N2CCSCC2)CC1)c1ccccn1. The van der Waals surface area contributed by atoms with Gasteiger partial charge >= 0.3 is 0 Å². The van der Waals surface area contributed by atoms with Crippen LogP contribution in [0.4, 0.5) is 0 Å². The molecule has 1 saturated heterocycles. The lowest BCUT2D eigenvalue weighted by atomic mass is 9.85. The Balaban J connectivity index is 1.46. The van der Waals surface area contributed by atoms with Crippen molar-refractivity contribution in [2.45, 2.75) is 31.7 Å². The van der Waals surface area contributed by atoms with Crippen LogP contribution in [0.5, 0.6) is 0 Å². The maximum Gasteiger partial charge on any atom is 0.270 e. The van der Waals surface area contributed by atoms with Crippen LogP contribution in [0.15, 0.2) is 24.4 Å². The molecule has 23 heavy (non-hydrogen) atoms. The minimum Gasteiger partial charge on any atom is -0.348 e. The second-order valence-corrected chi connectivity index (χ2v) is 7.40. The molecule has 2 aliphatic rings. The number of amides is 2. The molecular weight excluding hydrogens is 310 g/mol. The number of aromatic nitrogens is 1. The molecule has 124 valence electrons. The summed E-state index contributed by atoms with van der Waals surface area (Å²) in [4.78, 5) is 30.7. The summed E-state index contributed by atoms with van der Waals surface area (Å²) in [6.45, 7) is 1.78. The molecule has 2 fully saturated rings. The lowest BCUT2D eigenvalue weighted by Crippen LogP contribution is -2.44. The number of thioether (sulfide) groups is 1. The van der Waals surface area contributed by atoms with Crippen molar-refractivity contribution in [1.82, 2.24) is 15.2 Å². The first-order valence-electron chi connectivity index (χ1n) is 8.32. The Morgan fingerprint density at radius 3 is 2.52 bits per heavy atom. The topological polar surface area (TPSA) is 62.3 Å². The average molecular weight is 333 g/mol. The van der Waals surface area contributed by atoms with E-state index in [0.29, 0.717) is 11.6 Å². The van der Waals surface area contributed by atoms with Crippen molar-refractivity contribution >= 4 is 23.6 Å². The number of hydrogen-bond donors (Lipinski definition) is 1. The van der Waals surface area contributed by atoms with E-state index in [4.69, 9.17) is 0 Å². The zero-order chi connectivity index (χ0) is 16.1. The Morgan fingerprint density at radius 1 is 1.13 bits per heavy atom. The zero-order valence-electron chi connectivity index (χ0n) is 13.2. The third kappa shape index (κ3) is 4.25. The minimum absolute atomic E-state index is 0.117. The molecule has 0 aromatic carbocycles. The van der Waals surface area contributed by atoms with Crippen LogP contribution in [0.3, 0.4) is 0 Å². The molecule has 5 nitrogen and oxygen atoms in total. The van der Waals surface area contributed by atoms with Gasteiger partial charge in [-0.1, -0.05) is 6.07 Å². The van der Waals surface area contributed by atoms with Gasteiger partial charge in [0.25, 0.3) is 5.91 Å². The molecule has 1 N–H and O–H groups in total. The fourth-order valence-corrected chi connectivity index (χ4v) is 4.19. The van der Waals surface area contributed by atoms with Gasteiger partial charge in [-0.3, -0.25) is 14.6 Å². The Labute approximate surface area is 141 Å². The van der Waals surface area contributed by atoms with Crippen molar-refractivity contribution in [1.29, 1.82) is 0 Å². The highest BCUT2D eigenvalue weighted by Gasteiger charge is 2.30. The second kappa shape index (κ2) is 7.81. The molecule has 1 aromatic heterocycles. The maximum absolute atomic E-state index is 12.5. The van der Waals surface area contributed by atoms with Gasteiger partial charge in [0.15, 0.2) is 0 Å². The lowest BCUT2D eigenvalue weighted by Gasteiger charge is -2.34. The summed E-state index contributed by atoms with van der Waals surface area (Å²) in [6, 6.07) is 5.49. The smallest absolute Gasteiger partial charge is 0.270 e. The standard InChI is InChI=1S/C17H23N3O2S/c21-16(15-3-1-2-8-18-15)19-14-6-4-13(5-7-14)17(22)20-9-11-23-12-10-20/h1-3,8,13-14H,4-7,9-12H2,(H,19,21). The number of nitrogens with one attached hydrogen (secondary N) is 1. The van der Waals surface area contributed by atoms with Crippen molar-refractivity contribution in [2.75, 3.05) is 24.6 Å². The monoisotopic (exact) mass is 333 g/mol. The van der Waals surface area contributed by atoms with Crippen molar-refractivity contribution in [3.63, 3.8) is 0 Å². The van der Waals surface area contributed by atoms with Crippen LogP contribution in [0.1, 0.15) is 36.2 Å². The van der Waals surface area contributed by atoms with Crippen molar-refractivity contribution in [3.05, 3.63) is 30.1 Å². The normalized spacial score (nSPS) is 25.0. The van der Waals surface area contributed by atoms with E-state index in [1.54, 1.807) is 18.3 Å². The van der Waals surface area contributed by atoms with Gasteiger partial charge in [0.2, 0.25) is 5.91 Å². The summed E-state index contributed by atoms with van der Waals surface area (Å²) in [5, 5.41) is 3.04. The van der Waals surface area contributed by atoms with Crippen molar-refractivity contribution < 1.29 is 9.59 Å². The Morgan fingerprint density at radius 2 is 1.87 bits per heavy atom. The average Bonchev–Trinajstić information content (AvgIpc) is 2.63. The number of carbonyl (C=O) groups is 2. The van der Waals surface area contributed by atoms with Crippen LogP contribution in [0.25, 0.3) is 0 Å². The van der Waals surface area contributed by atoms with E-state index in [1.165, 1.54) is 0 Å². The van der Waals surface area contributed by atoms with Crippen molar-refractivity contribution in [3.8, 4) is 0 Å². The number of carbonyl (C=O) groups excluding carboxylic acids is 2. The molecule has 3 rings (SSSR count). The first-order chi connectivity index (χ1) is 11.2. The third-order valence-electron chi connectivity index (χ3n) is 4.63. The molecule has 0 unspecified atom stereocenters. The molecule has 1 aliphatic heterocycles. The predicted molar refractivity (Wildman–Crippen MR) is 91.4 cm³/mol. The van der Waals surface area contributed by atoms with E-state index >= 15 is 0 Å². The van der Waals surface area contributed by atoms with Gasteiger partial charge in [-0.05, 0) is 37.8 Å². The summed E-state index contributed by atoms with van der Waals surface area (Å²) in [6.07, 6.45) is 5.11. The molecule has 0 bridgehead atoms. The van der Waals surface area contributed by atoms with Crippen LogP contribution in [0.2, 0.25) is 0 Å². The van der Waals surface area contributed by atoms with E-state index in [9.17, 15) is 9.59 Å². The highest BCUT2D eigenvalue weighted by atomic mass is 32.2. The molecule has 0 radical (unpaired) electrons. The van der Waals surface area contributed by atoms with Crippen molar-refractivity contribution in [2.24, 2.45) is 5.92 Å². The second-order valence-electron chi connectivity index (χ2n) is 6.17. The molecule has 1 saturated carbocycles. The molecule has 0 spiro atoms. The first kappa shape index (κ1) is 16.3. The van der Waals surface area contributed by atoms with Gasteiger partial charge in [-0.15, -0.1) is 0 Å². The van der Waals surface area contributed by atoms with Gasteiger partial charge in [-0.2, -0.15) is 11.8 Å². The first-order valence-corrected chi connectivity index (χ1v) is 9.48. The predicted octanol–water partition coefficient (Wildman–Crippen LogP) is 1.95. The van der Waals surface area contributed by atoms with Crippen LogP contribution < -0.4 is 5.32 Å². The largest absolute Gasteiger partial charge is 0.348 e. The summed E-state index contributed by atoms with van der Waals surface area (Å²) in [5.41, 5.74) is 0.455. The van der Waals surface area contributed by atoms with Gasteiger partial charge in [0.05, 0.1) is 0 Å².